The Labute approximate surface area is 108 Å². The van der Waals surface area contributed by atoms with E-state index in [1.807, 2.05) is 0 Å². The van der Waals surface area contributed by atoms with Gasteiger partial charge in [-0.15, -0.1) is 0 Å². The topological polar surface area (TPSA) is 15.3 Å². The molecule has 1 aliphatic rings. The van der Waals surface area contributed by atoms with Crippen molar-refractivity contribution < 1.29 is 0 Å². The molecular weight excluding hydrogens is 208 g/mol. The molecule has 1 N–H and O–H groups in total. The van der Waals surface area contributed by atoms with Crippen molar-refractivity contribution in [1.29, 1.82) is 0 Å². The van der Waals surface area contributed by atoms with Gasteiger partial charge in [-0.25, -0.2) is 0 Å². The third-order valence-corrected chi connectivity index (χ3v) is 4.95. The summed E-state index contributed by atoms with van der Waals surface area (Å²) >= 11 is 0. The molecule has 102 valence electrons. The zero-order valence-corrected chi connectivity index (χ0v) is 12.6. The Bertz CT molecular complexity index is 209. The van der Waals surface area contributed by atoms with Crippen LogP contribution in [0.25, 0.3) is 0 Å². The van der Waals surface area contributed by atoms with Crippen LogP contribution in [0.2, 0.25) is 0 Å². The highest BCUT2D eigenvalue weighted by Gasteiger charge is 2.39. The van der Waals surface area contributed by atoms with Crippen LogP contribution in [0, 0.1) is 5.92 Å². The Kier molecular flexibility index (Phi) is 5.94. The van der Waals surface area contributed by atoms with Crippen LogP contribution in [0.1, 0.15) is 59.3 Å². The first kappa shape index (κ1) is 15.0. The lowest BCUT2D eigenvalue weighted by molar-refractivity contribution is 0.0687. The summed E-state index contributed by atoms with van der Waals surface area (Å²) in [6.45, 7) is 8.08. The van der Waals surface area contributed by atoms with Gasteiger partial charge in [-0.2, -0.15) is 0 Å². The number of rotatable bonds is 6. The molecule has 0 saturated heterocycles. The minimum Gasteiger partial charge on any atom is -0.312 e. The van der Waals surface area contributed by atoms with Crippen molar-refractivity contribution in [2.75, 3.05) is 20.6 Å². The van der Waals surface area contributed by atoms with Gasteiger partial charge in [0.15, 0.2) is 0 Å². The van der Waals surface area contributed by atoms with Crippen molar-refractivity contribution in [3.05, 3.63) is 0 Å². The Balaban J connectivity index is 2.81. The van der Waals surface area contributed by atoms with E-state index < -0.39 is 0 Å². The number of nitrogens with zero attached hydrogens (tertiary/aromatic N) is 1. The van der Waals surface area contributed by atoms with Crippen molar-refractivity contribution >= 4 is 0 Å². The summed E-state index contributed by atoms with van der Waals surface area (Å²) in [6, 6.07) is 0.646. The molecule has 2 nitrogen and oxygen atoms in total. The minimum absolute atomic E-state index is 0.290. The number of hydrogen-bond donors (Lipinski definition) is 1. The van der Waals surface area contributed by atoms with E-state index in [-0.39, 0.29) is 5.54 Å². The summed E-state index contributed by atoms with van der Waals surface area (Å²) in [4.78, 5) is 2.43. The quantitative estimate of drug-likeness (QED) is 0.766. The highest BCUT2D eigenvalue weighted by Crippen LogP contribution is 2.34. The smallest absolute Gasteiger partial charge is 0.0328 e. The third-order valence-electron chi connectivity index (χ3n) is 4.95. The zero-order chi connectivity index (χ0) is 12.9. The summed E-state index contributed by atoms with van der Waals surface area (Å²) < 4.78 is 0. The van der Waals surface area contributed by atoms with Crippen LogP contribution in [0.3, 0.4) is 0 Å². The summed E-state index contributed by atoms with van der Waals surface area (Å²) in [5.74, 6) is 0.871. The maximum absolute atomic E-state index is 3.78. The van der Waals surface area contributed by atoms with Gasteiger partial charge in [-0.1, -0.05) is 33.1 Å². The lowest BCUT2D eigenvalue weighted by atomic mass is 9.74. The molecule has 17 heavy (non-hydrogen) atoms. The van der Waals surface area contributed by atoms with Gasteiger partial charge in [-0.05, 0) is 52.7 Å². The lowest BCUT2D eigenvalue weighted by Crippen LogP contribution is -2.60. The third kappa shape index (κ3) is 3.45. The molecule has 0 spiro atoms. The standard InChI is InChI=1S/C15H32N2/c1-6-15(3,17(4)5)14(16-7-2)13-11-9-8-10-12-13/h13-14,16H,6-12H2,1-5H3. The molecule has 0 aromatic carbocycles. The van der Waals surface area contributed by atoms with Crippen molar-refractivity contribution in [2.45, 2.75) is 70.9 Å². The average Bonchev–Trinajstić information content (AvgIpc) is 2.36. The van der Waals surface area contributed by atoms with Crippen molar-refractivity contribution in [1.82, 2.24) is 10.2 Å². The average molecular weight is 240 g/mol. The summed E-state index contributed by atoms with van der Waals surface area (Å²) in [6.07, 6.45) is 8.36. The maximum atomic E-state index is 3.78. The molecule has 0 amide bonds. The Morgan fingerprint density at radius 1 is 1.18 bits per heavy atom. The Morgan fingerprint density at radius 3 is 2.18 bits per heavy atom. The summed E-state index contributed by atoms with van der Waals surface area (Å²) in [5.41, 5.74) is 0.290. The van der Waals surface area contributed by atoms with E-state index in [2.05, 4.69) is 45.1 Å². The molecule has 2 heteroatoms. The van der Waals surface area contributed by atoms with E-state index in [0.717, 1.165) is 12.5 Å². The van der Waals surface area contributed by atoms with Gasteiger partial charge in [-0.3, -0.25) is 0 Å². The molecular formula is C15H32N2. The van der Waals surface area contributed by atoms with Crippen LogP contribution < -0.4 is 5.32 Å². The summed E-state index contributed by atoms with van der Waals surface area (Å²) in [7, 11) is 4.47. The normalized spacial score (nSPS) is 23.6. The first-order valence-electron chi connectivity index (χ1n) is 7.47. The second-order valence-corrected chi connectivity index (χ2v) is 6.04. The number of nitrogens with one attached hydrogen (secondary N) is 1. The molecule has 0 radical (unpaired) electrons. The van der Waals surface area contributed by atoms with E-state index in [9.17, 15) is 0 Å². The summed E-state index contributed by atoms with van der Waals surface area (Å²) in [5, 5.41) is 3.78. The SMILES string of the molecule is CCNC(C1CCCCC1)C(C)(CC)N(C)C. The van der Waals surface area contributed by atoms with Gasteiger partial charge < -0.3 is 10.2 Å². The molecule has 0 heterocycles. The van der Waals surface area contributed by atoms with E-state index in [0.29, 0.717) is 6.04 Å². The molecule has 0 aromatic heterocycles. The molecule has 2 atom stereocenters. The van der Waals surface area contributed by atoms with Crippen molar-refractivity contribution in [3.63, 3.8) is 0 Å². The number of hydrogen-bond acceptors (Lipinski definition) is 2. The Morgan fingerprint density at radius 2 is 1.76 bits per heavy atom. The molecule has 0 aliphatic heterocycles. The fraction of sp³-hybridized carbons (Fsp3) is 1.00. The van der Waals surface area contributed by atoms with Crippen LogP contribution in [0.4, 0.5) is 0 Å². The first-order valence-corrected chi connectivity index (χ1v) is 7.47. The van der Waals surface area contributed by atoms with E-state index in [1.165, 1.54) is 38.5 Å². The van der Waals surface area contributed by atoms with E-state index >= 15 is 0 Å². The van der Waals surface area contributed by atoms with Crippen LogP contribution in [0.15, 0.2) is 0 Å². The van der Waals surface area contributed by atoms with Crippen LogP contribution in [0.5, 0.6) is 0 Å². The van der Waals surface area contributed by atoms with Crippen molar-refractivity contribution in [3.8, 4) is 0 Å². The predicted molar refractivity (Wildman–Crippen MR) is 76.4 cm³/mol. The molecule has 1 aliphatic carbocycles. The van der Waals surface area contributed by atoms with Crippen LogP contribution in [-0.2, 0) is 0 Å². The highest BCUT2D eigenvalue weighted by molar-refractivity contribution is 4.98. The zero-order valence-electron chi connectivity index (χ0n) is 12.6. The van der Waals surface area contributed by atoms with Gasteiger partial charge in [0.1, 0.15) is 0 Å². The maximum Gasteiger partial charge on any atom is 0.0328 e. The van der Waals surface area contributed by atoms with Crippen LogP contribution in [-0.4, -0.2) is 37.1 Å². The second kappa shape index (κ2) is 6.75. The molecule has 0 bridgehead atoms. The van der Waals surface area contributed by atoms with Crippen LogP contribution >= 0.6 is 0 Å². The van der Waals surface area contributed by atoms with E-state index in [1.54, 1.807) is 0 Å². The molecule has 1 rings (SSSR count). The molecule has 2 unspecified atom stereocenters. The number of likely N-dealkylation sites (N-methyl/N-ethyl adjacent to an activating group) is 2. The lowest BCUT2D eigenvalue weighted by Gasteiger charge is -2.47. The minimum atomic E-state index is 0.290. The molecule has 0 aromatic rings. The fourth-order valence-electron chi connectivity index (χ4n) is 3.40. The molecule has 1 saturated carbocycles. The Hall–Kier alpha value is -0.0800. The van der Waals surface area contributed by atoms with Gasteiger partial charge in [0.05, 0.1) is 0 Å². The monoisotopic (exact) mass is 240 g/mol. The largest absolute Gasteiger partial charge is 0.312 e. The van der Waals surface area contributed by atoms with Gasteiger partial charge in [0.25, 0.3) is 0 Å². The van der Waals surface area contributed by atoms with Crippen molar-refractivity contribution in [2.24, 2.45) is 5.92 Å². The predicted octanol–water partition coefficient (Wildman–Crippen LogP) is 3.28. The first-order chi connectivity index (χ1) is 8.06. The van der Waals surface area contributed by atoms with E-state index in [4.69, 9.17) is 0 Å². The molecule has 1 fully saturated rings. The second-order valence-electron chi connectivity index (χ2n) is 6.04. The highest BCUT2D eigenvalue weighted by atomic mass is 15.2. The van der Waals surface area contributed by atoms with Gasteiger partial charge in [0, 0.05) is 11.6 Å². The van der Waals surface area contributed by atoms with Gasteiger partial charge in [0.2, 0.25) is 0 Å². The fourth-order valence-corrected chi connectivity index (χ4v) is 3.40. The van der Waals surface area contributed by atoms with Gasteiger partial charge >= 0.3 is 0 Å².